The molecular formula is C16H19ClIN3. The van der Waals surface area contributed by atoms with Crippen molar-refractivity contribution in [1.29, 1.82) is 0 Å². The smallest absolute Gasteiger partial charge is 0.163 e. The average molecular weight is 416 g/mol. The highest BCUT2D eigenvalue weighted by Crippen LogP contribution is 2.29. The Bertz CT molecular complexity index is 616. The molecule has 112 valence electrons. The largest absolute Gasteiger partial charge is 0.369 e. The lowest BCUT2D eigenvalue weighted by Gasteiger charge is -2.13. The maximum Gasteiger partial charge on any atom is 0.163 e. The Balaban J connectivity index is 2.50. The first kappa shape index (κ1) is 16.5. The Morgan fingerprint density at radius 2 is 1.90 bits per heavy atom. The Hall–Kier alpha value is -0.880. The van der Waals surface area contributed by atoms with Crippen LogP contribution in [0.1, 0.15) is 32.4 Å². The summed E-state index contributed by atoms with van der Waals surface area (Å²) in [7, 11) is 0. The number of anilines is 1. The van der Waals surface area contributed by atoms with Crippen molar-refractivity contribution in [3.63, 3.8) is 0 Å². The molecular weight excluding hydrogens is 397 g/mol. The normalized spacial score (nSPS) is 10.7. The SMILES string of the molecule is CCCNc1nc(-c2ccccc2Cl)nc(CCC)c1I. The van der Waals surface area contributed by atoms with Crippen molar-refractivity contribution in [2.75, 3.05) is 11.9 Å². The maximum absolute atomic E-state index is 6.28. The molecule has 0 atom stereocenters. The summed E-state index contributed by atoms with van der Waals surface area (Å²) >= 11 is 8.61. The summed E-state index contributed by atoms with van der Waals surface area (Å²) in [6.07, 6.45) is 3.06. The molecule has 0 aliphatic heterocycles. The van der Waals surface area contributed by atoms with Gasteiger partial charge in [0, 0.05) is 12.1 Å². The van der Waals surface area contributed by atoms with Crippen LogP contribution >= 0.6 is 34.2 Å². The van der Waals surface area contributed by atoms with Gasteiger partial charge in [0.25, 0.3) is 0 Å². The predicted octanol–water partition coefficient (Wildman–Crippen LogP) is 5.18. The van der Waals surface area contributed by atoms with E-state index in [4.69, 9.17) is 16.6 Å². The van der Waals surface area contributed by atoms with Crippen molar-refractivity contribution in [2.45, 2.75) is 33.1 Å². The molecule has 0 aliphatic carbocycles. The second-order valence-corrected chi connectivity index (χ2v) is 6.30. The van der Waals surface area contributed by atoms with Crippen LogP contribution in [0.3, 0.4) is 0 Å². The van der Waals surface area contributed by atoms with Crippen molar-refractivity contribution in [3.8, 4) is 11.4 Å². The van der Waals surface area contributed by atoms with E-state index in [-0.39, 0.29) is 0 Å². The van der Waals surface area contributed by atoms with Gasteiger partial charge in [-0.25, -0.2) is 9.97 Å². The van der Waals surface area contributed by atoms with Crippen LogP contribution in [-0.4, -0.2) is 16.5 Å². The molecule has 2 aromatic rings. The number of nitrogens with zero attached hydrogens (tertiary/aromatic N) is 2. The summed E-state index contributed by atoms with van der Waals surface area (Å²) in [5.74, 6) is 1.61. The van der Waals surface area contributed by atoms with E-state index in [1.165, 1.54) is 0 Å². The molecule has 1 N–H and O–H groups in total. The quantitative estimate of drug-likeness (QED) is 0.661. The summed E-state index contributed by atoms with van der Waals surface area (Å²) in [4.78, 5) is 9.39. The maximum atomic E-state index is 6.28. The number of nitrogens with one attached hydrogen (secondary N) is 1. The van der Waals surface area contributed by atoms with E-state index in [0.717, 1.165) is 46.5 Å². The van der Waals surface area contributed by atoms with Crippen molar-refractivity contribution in [2.24, 2.45) is 0 Å². The third-order valence-electron chi connectivity index (χ3n) is 3.06. The van der Waals surface area contributed by atoms with Crippen molar-refractivity contribution in [1.82, 2.24) is 9.97 Å². The Morgan fingerprint density at radius 3 is 2.57 bits per heavy atom. The van der Waals surface area contributed by atoms with Gasteiger partial charge in [-0.05, 0) is 47.6 Å². The minimum atomic E-state index is 0.683. The first-order valence-corrected chi connectivity index (χ1v) is 8.68. The number of hydrogen-bond acceptors (Lipinski definition) is 3. The molecule has 0 spiro atoms. The number of hydrogen-bond donors (Lipinski definition) is 1. The first-order valence-electron chi connectivity index (χ1n) is 7.22. The molecule has 0 saturated carbocycles. The van der Waals surface area contributed by atoms with Crippen LogP contribution in [0.4, 0.5) is 5.82 Å². The molecule has 0 fully saturated rings. The van der Waals surface area contributed by atoms with E-state index in [9.17, 15) is 0 Å². The lowest BCUT2D eigenvalue weighted by Crippen LogP contribution is -2.09. The number of rotatable bonds is 6. The number of aromatic nitrogens is 2. The van der Waals surface area contributed by atoms with Crippen molar-refractivity contribution < 1.29 is 0 Å². The average Bonchev–Trinajstić information content (AvgIpc) is 2.49. The fourth-order valence-corrected chi connectivity index (χ4v) is 2.94. The zero-order chi connectivity index (χ0) is 15.2. The Labute approximate surface area is 144 Å². The van der Waals surface area contributed by atoms with Gasteiger partial charge in [-0.15, -0.1) is 0 Å². The van der Waals surface area contributed by atoms with Gasteiger partial charge < -0.3 is 5.32 Å². The molecule has 2 rings (SSSR count). The minimum Gasteiger partial charge on any atom is -0.369 e. The monoisotopic (exact) mass is 415 g/mol. The molecule has 0 bridgehead atoms. The summed E-state index contributed by atoms with van der Waals surface area (Å²) in [6, 6.07) is 7.71. The molecule has 0 aliphatic rings. The molecule has 21 heavy (non-hydrogen) atoms. The van der Waals surface area contributed by atoms with Crippen LogP contribution in [0.15, 0.2) is 24.3 Å². The zero-order valence-corrected chi connectivity index (χ0v) is 15.2. The molecule has 0 unspecified atom stereocenters. The minimum absolute atomic E-state index is 0.683. The summed E-state index contributed by atoms with van der Waals surface area (Å²) < 4.78 is 1.11. The fraction of sp³-hybridized carbons (Fsp3) is 0.375. The highest BCUT2D eigenvalue weighted by atomic mass is 127. The molecule has 0 amide bonds. The number of halogens is 2. The third kappa shape index (κ3) is 4.07. The van der Waals surface area contributed by atoms with Crippen LogP contribution in [0.25, 0.3) is 11.4 Å². The molecule has 1 aromatic carbocycles. The summed E-state index contributed by atoms with van der Waals surface area (Å²) in [5, 5.41) is 4.07. The second-order valence-electron chi connectivity index (χ2n) is 4.81. The standard InChI is InChI=1S/C16H19ClIN3/c1-3-7-13-14(18)16(19-10-4-2)21-15(20-13)11-8-5-6-9-12(11)17/h5-6,8-9H,3-4,7,10H2,1-2H3,(H,19,20,21). The van der Waals surface area contributed by atoms with Gasteiger partial charge in [0.1, 0.15) is 5.82 Å². The van der Waals surface area contributed by atoms with Gasteiger partial charge in [0.2, 0.25) is 0 Å². The van der Waals surface area contributed by atoms with Gasteiger partial charge in [-0.2, -0.15) is 0 Å². The Kier molecular flexibility index (Phi) is 6.23. The van der Waals surface area contributed by atoms with E-state index in [0.29, 0.717) is 10.8 Å². The van der Waals surface area contributed by atoms with E-state index in [2.05, 4.69) is 46.7 Å². The first-order chi connectivity index (χ1) is 10.2. The van der Waals surface area contributed by atoms with E-state index in [1.54, 1.807) is 0 Å². The summed E-state index contributed by atoms with van der Waals surface area (Å²) in [6.45, 7) is 5.20. The van der Waals surface area contributed by atoms with Crippen LogP contribution in [0, 0.1) is 3.57 Å². The molecule has 0 radical (unpaired) electrons. The van der Waals surface area contributed by atoms with Crippen molar-refractivity contribution >= 4 is 40.0 Å². The predicted molar refractivity (Wildman–Crippen MR) is 98.0 cm³/mol. The second kappa shape index (κ2) is 7.94. The number of benzene rings is 1. The highest BCUT2D eigenvalue weighted by molar-refractivity contribution is 14.1. The van der Waals surface area contributed by atoms with E-state index >= 15 is 0 Å². The lowest BCUT2D eigenvalue weighted by atomic mass is 10.2. The third-order valence-corrected chi connectivity index (χ3v) is 4.53. The van der Waals surface area contributed by atoms with Crippen LogP contribution in [0.2, 0.25) is 5.02 Å². The van der Waals surface area contributed by atoms with Crippen LogP contribution in [-0.2, 0) is 6.42 Å². The van der Waals surface area contributed by atoms with Gasteiger partial charge >= 0.3 is 0 Å². The molecule has 1 heterocycles. The molecule has 3 nitrogen and oxygen atoms in total. The van der Waals surface area contributed by atoms with E-state index in [1.807, 2.05) is 24.3 Å². The van der Waals surface area contributed by atoms with Gasteiger partial charge in [-0.3, -0.25) is 0 Å². The summed E-state index contributed by atoms with van der Waals surface area (Å²) in [5.41, 5.74) is 1.97. The fourth-order valence-electron chi connectivity index (χ4n) is 2.02. The van der Waals surface area contributed by atoms with Crippen LogP contribution < -0.4 is 5.32 Å². The Morgan fingerprint density at radius 1 is 1.14 bits per heavy atom. The lowest BCUT2D eigenvalue weighted by molar-refractivity contribution is 0.864. The molecule has 5 heteroatoms. The molecule has 0 saturated heterocycles. The highest BCUT2D eigenvalue weighted by Gasteiger charge is 2.14. The van der Waals surface area contributed by atoms with E-state index < -0.39 is 0 Å². The zero-order valence-electron chi connectivity index (χ0n) is 12.3. The van der Waals surface area contributed by atoms with Crippen molar-refractivity contribution in [3.05, 3.63) is 38.6 Å². The topological polar surface area (TPSA) is 37.8 Å². The number of aryl methyl sites for hydroxylation is 1. The van der Waals surface area contributed by atoms with Gasteiger partial charge in [0.15, 0.2) is 5.82 Å². The molecule has 1 aromatic heterocycles. The van der Waals surface area contributed by atoms with Gasteiger partial charge in [0.05, 0.1) is 14.3 Å². The van der Waals surface area contributed by atoms with Gasteiger partial charge in [-0.1, -0.05) is 44.0 Å². The van der Waals surface area contributed by atoms with Crippen LogP contribution in [0.5, 0.6) is 0 Å².